The third-order valence-corrected chi connectivity index (χ3v) is 5.62. The maximum absolute atomic E-state index is 11.7. The summed E-state index contributed by atoms with van der Waals surface area (Å²) in [4.78, 5) is 11.7. The van der Waals surface area contributed by atoms with Gasteiger partial charge in [0.25, 0.3) is 0 Å². The van der Waals surface area contributed by atoms with Crippen molar-refractivity contribution in [1.29, 1.82) is 0 Å². The molecule has 0 aromatic rings. The van der Waals surface area contributed by atoms with E-state index in [9.17, 15) is 4.79 Å². The summed E-state index contributed by atoms with van der Waals surface area (Å²) in [6, 6.07) is 0. The first-order chi connectivity index (χ1) is 8.02. The molecular formula is C15H22O2. The maximum atomic E-state index is 11.7. The van der Waals surface area contributed by atoms with Crippen LogP contribution in [0.4, 0.5) is 0 Å². The van der Waals surface area contributed by atoms with E-state index in [2.05, 4.69) is 19.9 Å². The van der Waals surface area contributed by atoms with Crippen LogP contribution >= 0.6 is 0 Å². The van der Waals surface area contributed by atoms with Crippen LogP contribution in [-0.4, -0.2) is 12.1 Å². The quantitative estimate of drug-likeness (QED) is 0.475. The van der Waals surface area contributed by atoms with E-state index in [1.54, 1.807) is 5.57 Å². The molecule has 0 aromatic carbocycles. The molecule has 2 heteroatoms. The van der Waals surface area contributed by atoms with Crippen LogP contribution in [0.25, 0.3) is 0 Å². The fraction of sp³-hybridized carbons (Fsp3) is 0.800. The van der Waals surface area contributed by atoms with Crippen LogP contribution in [0.1, 0.15) is 46.5 Å². The first-order valence-corrected chi connectivity index (χ1v) is 6.94. The predicted octanol–water partition coefficient (Wildman–Crippen LogP) is 3.32. The van der Waals surface area contributed by atoms with E-state index < -0.39 is 0 Å². The van der Waals surface area contributed by atoms with Gasteiger partial charge in [-0.25, -0.2) is 0 Å². The molecule has 0 radical (unpaired) electrons. The van der Waals surface area contributed by atoms with Gasteiger partial charge in [-0.1, -0.05) is 26.3 Å². The topological polar surface area (TPSA) is 26.3 Å². The molecule has 0 N–H and O–H groups in total. The number of rotatable bonds is 0. The van der Waals surface area contributed by atoms with Crippen LogP contribution in [0.3, 0.4) is 0 Å². The van der Waals surface area contributed by atoms with E-state index in [1.165, 1.54) is 19.3 Å². The predicted molar refractivity (Wildman–Crippen MR) is 66.4 cm³/mol. The highest BCUT2D eigenvalue weighted by Gasteiger charge is 2.51. The van der Waals surface area contributed by atoms with Crippen molar-refractivity contribution in [2.24, 2.45) is 23.2 Å². The third-order valence-electron chi connectivity index (χ3n) is 5.62. The fourth-order valence-electron chi connectivity index (χ4n) is 4.05. The van der Waals surface area contributed by atoms with Gasteiger partial charge in [-0.3, -0.25) is 4.79 Å². The Morgan fingerprint density at radius 2 is 2.18 bits per heavy atom. The molecule has 2 nitrogen and oxygen atoms in total. The molecule has 17 heavy (non-hydrogen) atoms. The lowest BCUT2D eigenvalue weighted by molar-refractivity contribution is -0.142. The van der Waals surface area contributed by atoms with Gasteiger partial charge < -0.3 is 4.74 Å². The number of hydrogen-bond acceptors (Lipinski definition) is 2. The number of ether oxygens (including phenoxy) is 1. The Morgan fingerprint density at radius 3 is 2.94 bits per heavy atom. The summed E-state index contributed by atoms with van der Waals surface area (Å²) in [5, 5.41) is 0. The summed E-state index contributed by atoms with van der Waals surface area (Å²) < 4.78 is 5.49. The Kier molecular flexibility index (Phi) is 2.39. The van der Waals surface area contributed by atoms with Gasteiger partial charge >= 0.3 is 5.97 Å². The van der Waals surface area contributed by atoms with Crippen molar-refractivity contribution in [1.82, 2.24) is 0 Å². The van der Waals surface area contributed by atoms with Crippen molar-refractivity contribution in [2.75, 3.05) is 0 Å². The first-order valence-electron chi connectivity index (χ1n) is 6.94. The molecule has 0 amide bonds. The van der Waals surface area contributed by atoms with Crippen LogP contribution in [0.2, 0.25) is 0 Å². The zero-order valence-corrected chi connectivity index (χ0v) is 11.0. The van der Waals surface area contributed by atoms with E-state index in [0.717, 1.165) is 12.3 Å². The van der Waals surface area contributed by atoms with E-state index in [1.807, 2.05) is 6.92 Å². The molecule has 0 spiro atoms. The number of hydrogen-bond donors (Lipinski definition) is 0. The Hall–Kier alpha value is -0.790. The molecule has 1 saturated heterocycles. The number of fused-ring (bicyclic) bond motifs is 2. The largest absolute Gasteiger partial charge is 0.458 e. The van der Waals surface area contributed by atoms with Crippen molar-refractivity contribution in [3.63, 3.8) is 0 Å². The van der Waals surface area contributed by atoms with Gasteiger partial charge in [0.15, 0.2) is 0 Å². The zero-order valence-electron chi connectivity index (χ0n) is 11.0. The van der Waals surface area contributed by atoms with Crippen LogP contribution in [0, 0.1) is 23.2 Å². The summed E-state index contributed by atoms with van der Waals surface area (Å²) in [7, 11) is 0. The second-order valence-corrected chi connectivity index (χ2v) is 6.46. The summed E-state index contributed by atoms with van der Waals surface area (Å²) >= 11 is 0. The van der Waals surface area contributed by atoms with Gasteiger partial charge in [-0.2, -0.15) is 0 Å². The minimum absolute atomic E-state index is 0.00625. The van der Waals surface area contributed by atoms with E-state index >= 15 is 0 Å². The lowest BCUT2D eigenvalue weighted by Gasteiger charge is -2.47. The van der Waals surface area contributed by atoms with Crippen molar-refractivity contribution in [2.45, 2.75) is 52.6 Å². The molecule has 0 unspecified atom stereocenters. The second-order valence-electron chi connectivity index (χ2n) is 6.46. The number of carbonyl (C=O) groups excluding carboxylic acids is 1. The lowest BCUT2D eigenvalue weighted by Crippen LogP contribution is -2.40. The molecule has 3 rings (SSSR count). The molecule has 3 aliphatic rings. The summed E-state index contributed by atoms with van der Waals surface area (Å²) in [5.41, 5.74) is 1.88. The third kappa shape index (κ3) is 1.49. The van der Waals surface area contributed by atoms with Gasteiger partial charge in [0, 0.05) is 5.92 Å². The summed E-state index contributed by atoms with van der Waals surface area (Å²) in [5.74, 6) is 1.25. The minimum Gasteiger partial charge on any atom is -0.458 e. The Bertz CT molecular complexity index is 384. The van der Waals surface area contributed by atoms with Crippen molar-refractivity contribution < 1.29 is 9.53 Å². The van der Waals surface area contributed by atoms with E-state index in [-0.39, 0.29) is 18.0 Å². The smallest absolute Gasteiger partial charge is 0.309 e. The summed E-state index contributed by atoms with van der Waals surface area (Å²) in [6.07, 6.45) is 7.32. The molecule has 0 bridgehead atoms. The minimum atomic E-state index is 0.00625. The molecule has 1 saturated carbocycles. The van der Waals surface area contributed by atoms with Gasteiger partial charge in [-0.15, -0.1) is 0 Å². The van der Waals surface area contributed by atoms with Gasteiger partial charge in [0.1, 0.15) is 6.10 Å². The monoisotopic (exact) mass is 234 g/mol. The molecule has 1 heterocycles. The van der Waals surface area contributed by atoms with Crippen molar-refractivity contribution in [3.8, 4) is 0 Å². The molecule has 94 valence electrons. The average molecular weight is 234 g/mol. The van der Waals surface area contributed by atoms with Crippen molar-refractivity contribution in [3.05, 3.63) is 11.6 Å². The van der Waals surface area contributed by atoms with Crippen LogP contribution in [0.15, 0.2) is 11.6 Å². The molecular weight excluding hydrogens is 212 g/mol. The highest BCUT2D eigenvalue weighted by Crippen LogP contribution is 2.55. The van der Waals surface area contributed by atoms with Crippen LogP contribution in [0.5, 0.6) is 0 Å². The lowest BCUT2D eigenvalue weighted by atomic mass is 9.57. The molecule has 2 fully saturated rings. The molecule has 2 aliphatic carbocycles. The molecule has 0 aromatic heterocycles. The Labute approximate surface area is 103 Å². The van der Waals surface area contributed by atoms with E-state index in [0.29, 0.717) is 11.3 Å². The van der Waals surface area contributed by atoms with Gasteiger partial charge in [0.05, 0.1) is 5.92 Å². The maximum Gasteiger partial charge on any atom is 0.309 e. The number of allylic oxidation sites excluding steroid dienone is 1. The van der Waals surface area contributed by atoms with Crippen LogP contribution in [-0.2, 0) is 9.53 Å². The van der Waals surface area contributed by atoms with Gasteiger partial charge in [-0.05, 0) is 43.1 Å². The normalized spacial score (nSPS) is 49.1. The van der Waals surface area contributed by atoms with E-state index in [4.69, 9.17) is 4.74 Å². The highest BCUT2D eigenvalue weighted by atomic mass is 16.6. The SMILES string of the molecule is C[C@@H]1C(=O)O[C@H]2C=C3CCC[C@H](C)[C@@]3(C)C[C@H]21. The van der Waals surface area contributed by atoms with Crippen molar-refractivity contribution >= 4 is 5.97 Å². The van der Waals surface area contributed by atoms with Gasteiger partial charge in [0.2, 0.25) is 0 Å². The molecule has 1 aliphatic heterocycles. The Balaban J connectivity index is 1.97. The first kappa shape index (κ1) is 11.3. The zero-order chi connectivity index (χ0) is 12.2. The second kappa shape index (κ2) is 3.60. The Morgan fingerprint density at radius 1 is 1.41 bits per heavy atom. The standard InChI is InChI=1S/C15H22O2/c1-9-5-4-6-11-7-13-12(8-15(9,11)3)10(2)14(16)17-13/h7,9-10,12-13H,4-6,8H2,1-3H3/t9-,10-,12-,13-,15+/m0/s1. The highest BCUT2D eigenvalue weighted by molar-refractivity contribution is 5.75. The number of esters is 1. The fourth-order valence-corrected chi connectivity index (χ4v) is 4.05. The summed E-state index contributed by atoms with van der Waals surface area (Å²) in [6.45, 7) is 6.80. The van der Waals surface area contributed by atoms with Crippen LogP contribution < -0.4 is 0 Å². The molecule has 5 atom stereocenters. The number of carbonyl (C=O) groups is 1. The average Bonchev–Trinajstić information content (AvgIpc) is 2.55.